The standard InChI is InChI=1S/C20H18ClN3O2S/c1-12-18(19(26)22-11-15-5-3-4-6-17(15)21)24-20(27-12)14-7-9-16(10-8-14)23-13(2)25/h3-10H,11H2,1-2H3,(H,22,26)(H,23,25). The Morgan fingerprint density at radius 3 is 2.48 bits per heavy atom. The molecule has 1 heterocycles. The number of halogens is 1. The Kier molecular flexibility index (Phi) is 5.88. The van der Waals surface area contributed by atoms with Crippen LogP contribution in [0.4, 0.5) is 5.69 Å². The van der Waals surface area contributed by atoms with Crippen molar-refractivity contribution in [1.29, 1.82) is 0 Å². The Labute approximate surface area is 166 Å². The van der Waals surface area contributed by atoms with Crippen LogP contribution in [0.25, 0.3) is 10.6 Å². The van der Waals surface area contributed by atoms with Crippen LogP contribution in [0.2, 0.25) is 5.02 Å². The van der Waals surface area contributed by atoms with E-state index in [4.69, 9.17) is 11.6 Å². The van der Waals surface area contributed by atoms with Crippen molar-refractivity contribution >= 4 is 40.4 Å². The van der Waals surface area contributed by atoms with Gasteiger partial charge in [-0.2, -0.15) is 0 Å². The second kappa shape index (κ2) is 8.33. The van der Waals surface area contributed by atoms with E-state index in [-0.39, 0.29) is 11.8 Å². The molecular weight excluding hydrogens is 382 g/mol. The van der Waals surface area contributed by atoms with E-state index in [1.54, 1.807) is 6.07 Å². The van der Waals surface area contributed by atoms with E-state index in [0.29, 0.717) is 17.3 Å². The van der Waals surface area contributed by atoms with E-state index in [0.717, 1.165) is 26.7 Å². The van der Waals surface area contributed by atoms with Crippen molar-refractivity contribution in [2.75, 3.05) is 5.32 Å². The zero-order valence-electron chi connectivity index (χ0n) is 14.9. The highest BCUT2D eigenvalue weighted by Gasteiger charge is 2.16. The molecule has 0 spiro atoms. The van der Waals surface area contributed by atoms with Gasteiger partial charge in [-0.25, -0.2) is 4.98 Å². The van der Waals surface area contributed by atoms with Gasteiger partial charge in [-0.15, -0.1) is 11.3 Å². The number of aromatic nitrogens is 1. The van der Waals surface area contributed by atoms with E-state index in [9.17, 15) is 9.59 Å². The number of rotatable bonds is 5. The molecule has 0 aliphatic rings. The van der Waals surface area contributed by atoms with Crippen molar-refractivity contribution in [3.63, 3.8) is 0 Å². The number of aryl methyl sites for hydroxylation is 1. The topological polar surface area (TPSA) is 71.1 Å². The highest BCUT2D eigenvalue weighted by Crippen LogP contribution is 2.28. The first kappa shape index (κ1) is 19.1. The first-order chi connectivity index (χ1) is 12.9. The van der Waals surface area contributed by atoms with Crippen LogP contribution in [0.15, 0.2) is 48.5 Å². The van der Waals surface area contributed by atoms with Crippen LogP contribution < -0.4 is 10.6 Å². The average molecular weight is 400 g/mol. The maximum Gasteiger partial charge on any atom is 0.271 e. The third-order valence-electron chi connectivity index (χ3n) is 3.86. The number of nitrogens with zero attached hydrogens (tertiary/aromatic N) is 1. The number of benzene rings is 2. The number of hydrogen-bond acceptors (Lipinski definition) is 4. The van der Waals surface area contributed by atoms with E-state index >= 15 is 0 Å². The Balaban J connectivity index is 1.73. The van der Waals surface area contributed by atoms with E-state index < -0.39 is 0 Å². The molecule has 2 N–H and O–H groups in total. The summed E-state index contributed by atoms with van der Waals surface area (Å²) in [5.74, 6) is -0.352. The lowest BCUT2D eigenvalue weighted by Crippen LogP contribution is -2.24. The third-order valence-corrected chi connectivity index (χ3v) is 5.25. The second-order valence-corrected chi connectivity index (χ2v) is 7.57. The summed E-state index contributed by atoms with van der Waals surface area (Å²) in [4.78, 5) is 28.9. The Hall–Kier alpha value is -2.70. The van der Waals surface area contributed by atoms with Gasteiger partial charge in [0.2, 0.25) is 5.91 Å². The van der Waals surface area contributed by atoms with Crippen LogP contribution in [0.5, 0.6) is 0 Å². The first-order valence-electron chi connectivity index (χ1n) is 8.31. The molecule has 0 fully saturated rings. The highest BCUT2D eigenvalue weighted by molar-refractivity contribution is 7.15. The molecule has 3 rings (SSSR count). The van der Waals surface area contributed by atoms with Crippen molar-refractivity contribution < 1.29 is 9.59 Å². The predicted octanol–water partition coefficient (Wildman–Crippen LogP) is 4.66. The molecule has 0 atom stereocenters. The lowest BCUT2D eigenvalue weighted by atomic mass is 10.2. The van der Waals surface area contributed by atoms with Gasteiger partial charge in [-0.05, 0) is 42.8 Å². The summed E-state index contributed by atoms with van der Waals surface area (Å²) in [7, 11) is 0. The molecule has 7 heteroatoms. The van der Waals surface area contributed by atoms with Gasteiger partial charge in [0.1, 0.15) is 10.7 Å². The average Bonchev–Trinajstić information content (AvgIpc) is 3.03. The number of nitrogens with one attached hydrogen (secondary N) is 2. The summed E-state index contributed by atoms with van der Waals surface area (Å²) in [5.41, 5.74) is 2.88. The fourth-order valence-electron chi connectivity index (χ4n) is 2.53. The largest absolute Gasteiger partial charge is 0.347 e. The minimum absolute atomic E-state index is 0.120. The molecule has 2 aromatic carbocycles. The second-order valence-electron chi connectivity index (χ2n) is 5.96. The maximum atomic E-state index is 12.5. The predicted molar refractivity (Wildman–Crippen MR) is 109 cm³/mol. The van der Waals surface area contributed by atoms with Gasteiger partial charge < -0.3 is 10.6 Å². The van der Waals surface area contributed by atoms with Crippen molar-refractivity contribution in [1.82, 2.24) is 10.3 Å². The zero-order chi connectivity index (χ0) is 19.4. The van der Waals surface area contributed by atoms with E-state index in [2.05, 4.69) is 15.6 Å². The zero-order valence-corrected chi connectivity index (χ0v) is 16.4. The SMILES string of the molecule is CC(=O)Nc1ccc(-c2nc(C(=O)NCc3ccccc3Cl)c(C)s2)cc1. The van der Waals surface area contributed by atoms with Gasteiger partial charge in [0, 0.05) is 34.6 Å². The molecule has 0 radical (unpaired) electrons. The molecule has 0 unspecified atom stereocenters. The van der Waals surface area contributed by atoms with Gasteiger partial charge in [0.15, 0.2) is 0 Å². The van der Waals surface area contributed by atoms with Crippen LogP contribution >= 0.6 is 22.9 Å². The van der Waals surface area contributed by atoms with Gasteiger partial charge in [-0.3, -0.25) is 9.59 Å². The lowest BCUT2D eigenvalue weighted by Gasteiger charge is -2.06. The smallest absolute Gasteiger partial charge is 0.271 e. The molecule has 0 aliphatic heterocycles. The van der Waals surface area contributed by atoms with Crippen LogP contribution in [-0.2, 0) is 11.3 Å². The van der Waals surface area contributed by atoms with Crippen LogP contribution in [-0.4, -0.2) is 16.8 Å². The summed E-state index contributed by atoms with van der Waals surface area (Å²) in [6.07, 6.45) is 0. The molecule has 0 bridgehead atoms. The van der Waals surface area contributed by atoms with Crippen molar-refractivity contribution in [2.45, 2.75) is 20.4 Å². The Morgan fingerprint density at radius 2 is 1.81 bits per heavy atom. The number of anilines is 1. The Morgan fingerprint density at radius 1 is 1.11 bits per heavy atom. The van der Waals surface area contributed by atoms with E-state index in [1.165, 1.54) is 18.3 Å². The summed E-state index contributed by atoms with van der Waals surface area (Å²) < 4.78 is 0. The fourth-order valence-corrected chi connectivity index (χ4v) is 3.65. The molecule has 0 saturated heterocycles. The number of carbonyl (C=O) groups is 2. The van der Waals surface area contributed by atoms with Gasteiger partial charge in [-0.1, -0.05) is 29.8 Å². The van der Waals surface area contributed by atoms with Crippen molar-refractivity contribution in [3.8, 4) is 10.6 Å². The van der Waals surface area contributed by atoms with Crippen molar-refractivity contribution in [3.05, 3.63) is 69.7 Å². The molecule has 0 aliphatic carbocycles. The third kappa shape index (κ3) is 4.72. The molecular formula is C20H18ClN3O2S. The molecule has 27 heavy (non-hydrogen) atoms. The van der Waals surface area contributed by atoms with Crippen LogP contribution in [0.3, 0.4) is 0 Å². The molecule has 1 aromatic heterocycles. The van der Waals surface area contributed by atoms with E-state index in [1.807, 2.05) is 49.4 Å². The lowest BCUT2D eigenvalue weighted by molar-refractivity contribution is -0.114. The number of hydrogen-bond donors (Lipinski definition) is 2. The van der Waals surface area contributed by atoms with Crippen LogP contribution in [0.1, 0.15) is 27.9 Å². The molecule has 138 valence electrons. The van der Waals surface area contributed by atoms with Crippen LogP contribution in [0, 0.1) is 6.92 Å². The molecule has 5 nitrogen and oxygen atoms in total. The number of carbonyl (C=O) groups excluding carboxylic acids is 2. The van der Waals surface area contributed by atoms with Gasteiger partial charge in [0.25, 0.3) is 5.91 Å². The monoisotopic (exact) mass is 399 g/mol. The summed E-state index contributed by atoms with van der Waals surface area (Å²) in [6.45, 7) is 3.68. The minimum atomic E-state index is -0.232. The molecule has 3 aromatic rings. The summed E-state index contributed by atoms with van der Waals surface area (Å²) in [5, 5.41) is 6.96. The fraction of sp³-hybridized carbons (Fsp3) is 0.150. The Bertz CT molecular complexity index is 983. The molecule has 2 amide bonds. The van der Waals surface area contributed by atoms with Crippen molar-refractivity contribution in [2.24, 2.45) is 0 Å². The number of amides is 2. The normalized spacial score (nSPS) is 10.5. The van der Waals surface area contributed by atoms with Gasteiger partial charge in [0.05, 0.1) is 0 Å². The summed E-state index contributed by atoms with van der Waals surface area (Å²) >= 11 is 7.58. The minimum Gasteiger partial charge on any atom is -0.347 e. The first-order valence-corrected chi connectivity index (χ1v) is 9.50. The van der Waals surface area contributed by atoms with Gasteiger partial charge >= 0.3 is 0 Å². The highest BCUT2D eigenvalue weighted by atomic mass is 35.5. The maximum absolute atomic E-state index is 12.5. The number of thiazole rings is 1. The summed E-state index contributed by atoms with van der Waals surface area (Å²) in [6, 6.07) is 14.8. The quantitative estimate of drug-likeness (QED) is 0.655. The molecule has 0 saturated carbocycles.